The topological polar surface area (TPSA) is 47.3 Å². The first-order chi connectivity index (χ1) is 9.38. The van der Waals surface area contributed by atoms with Crippen LogP contribution in [-0.4, -0.2) is 6.61 Å². The van der Waals surface area contributed by atoms with Gasteiger partial charge < -0.3 is 4.74 Å². The number of allylic oxidation sites excluding steroid dienone is 1. The van der Waals surface area contributed by atoms with E-state index in [0.29, 0.717) is 0 Å². The van der Waals surface area contributed by atoms with Gasteiger partial charge in [-0.15, -0.1) is 0 Å². The Bertz CT molecular complexity index is 482. The molecule has 3 rings (SSSR count). The van der Waals surface area contributed by atoms with Crippen molar-refractivity contribution in [2.24, 2.45) is 5.84 Å². The van der Waals surface area contributed by atoms with Crippen molar-refractivity contribution in [2.45, 2.75) is 44.6 Å². The number of hydrogen-bond acceptors (Lipinski definition) is 3. The van der Waals surface area contributed by atoms with E-state index in [4.69, 9.17) is 10.6 Å². The van der Waals surface area contributed by atoms with E-state index >= 15 is 0 Å². The van der Waals surface area contributed by atoms with Gasteiger partial charge in [-0.2, -0.15) is 0 Å². The maximum atomic E-state index is 5.81. The van der Waals surface area contributed by atoms with Gasteiger partial charge in [-0.05, 0) is 42.9 Å². The Labute approximate surface area is 114 Å². The second-order valence-electron chi connectivity index (χ2n) is 5.44. The smallest absolute Gasteiger partial charge is 0.122 e. The molecule has 0 spiro atoms. The van der Waals surface area contributed by atoms with Crippen LogP contribution < -0.4 is 16.0 Å². The molecule has 102 valence electrons. The molecule has 3 heteroatoms. The summed E-state index contributed by atoms with van der Waals surface area (Å²) >= 11 is 0. The molecule has 1 heterocycles. The van der Waals surface area contributed by atoms with Crippen LogP contribution in [0.4, 0.5) is 0 Å². The molecule has 3 N–H and O–H groups in total. The first-order valence-corrected chi connectivity index (χ1v) is 7.29. The molecule has 0 amide bonds. The van der Waals surface area contributed by atoms with Gasteiger partial charge in [-0.25, -0.2) is 5.43 Å². The highest BCUT2D eigenvalue weighted by atomic mass is 16.5. The van der Waals surface area contributed by atoms with Crippen molar-refractivity contribution in [3.05, 3.63) is 41.0 Å². The van der Waals surface area contributed by atoms with E-state index in [1.807, 2.05) is 0 Å². The molecule has 0 radical (unpaired) electrons. The summed E-state index contributed by atoms with van der Waals surface area (Å²) in [4.78, 5) is 0. The molecule has 1 aliphatic carbocycles. The zero-order valence-corrected chi connectivity index (χ0v) is 11.3. The largest absolute Gasteiger partial charge is 0.493 e. The molecule has 1 aromatic rings. The molecule has 0 aromatic heterocycles. The average Bonchev–Trinajstić information content (AvgIpc) is 2.74. The minimum Gasteiger partial charge on any atom is -0.493 e. The Morgan fingerprint density at radius 2 is 2.11 bits per heavy atom. The quantitative estimate of drug-likeness (QED) is 0.498. The van der Waals surface area contributed by atoms with Gasteiger partial charge in [0.1, 0.15) is 5.75 Å². The number of rotatable bonds is 3. The monoisotopic (exact) mass is 258 g/mol. The van der Waals surface area contributed by atoms with Crippen LogP contribution in [0.25, 0.3) is 0 Å². The lowest BCUT2D eigenvalue weighted by atomic mass is 9.94. The van der Waals surface area contributed by atoms with E-state index < -0.39 is 0 Å². The van der Waals surface area contributed by atoms with E-state index in [1.165, 1.54) is 42.4 Å². The standard InChI is InChI=1S/C16H22N2O/c17-18-16(12-5-3-1-2-4-6-12)14-7-8-15-13(11-14)9-10-19-15/h5,7-8,11,16,18H,1-4,6,9-10,17H2. The van der Waals surface area contributed by atoms with Gasteiger partial charge in [-0.3, -0.25) is 5.84 Å². The van der Waals surface area contributed by atoms with Crippen LogP contribution in [0.5, 0.6) is 5.75 Å². The average molecular weight is 258 g/mol. The summed E-state index contributed by atoms with van der Waals surface area (Å²) in [6, 6.07) is 6.63. The van der Waals surface area contributed by atoms with Crippen molar-refractivity contribution in [3.63, 3.8) is 0 Å². The summed E-state index contributed by atoms with van der Waals surface area (Å²) in [6.45, 7) is 0.808. The lowest BCUT2D eigenvalue weighted by Gasteiger charge is -2.20. The number of hydrogen-bond donors (Lipinski definition) is 2. The minimum absolute atomic E-state index is 0.156. The number of fused-ring (bicyclic) bond motifs is 1. The number of ether oxygens (including phenoxy) is 1. The van der Waals surface area contributed by atoms with Crippen LogP contribution in [-0.2, 0) is 6.42 Å². The van der Waals surface area contributed by atoms with Gasteiger partial charge >= 0.3 is 0 Å². The first-order valence-electron chi connectivity index (χ1n) is 7.29. The van der Waals surface area contributed by atoms with Gasteiger partial charge in [0.15, 0.2) is 0 Å². The molecule has 0 fully saturated rings. The van der Waals surface area contributed by atoms with Crippen LogP contribution in [0.15, 0.2) is 29.8 Å². The molecule has 3 nitrogen and oxygen atoms in total. The predicted molar refractivity (Wildman–Crippen MR) is 76.9 cm³/mol. The number of benzene rings is 1. The Morgan fingerprint density at radius 3 is 3.00 bits per heavy atom. The lowest BCUT2D eigenvalue weighted by molar-refractivity contribution is 0.356. The Balaban J connectivity index is 1.87. The maximum Gasteiger partial charge on any atom is 0.122 e. The Morgan fingerprint density at radius 1 is 1.16 bits per heavy atom. The summed E-state index contributed by atoms with van der Waals surface area (Å²) in [7, 11) is 0. The zero-order chi connectivity index (χ0) is 13.1. The Hall–Kier alpha value is -1.32. The van der Waals surface area contributed by atoms with Crippen LogP contribution in [0, 0.1) is 0 Å². The second-order valence-corrected chi connectivity index (χ2v) is 5.44. The van der Waals surface area contributed by atoms with Crippen LogP contribution in [0.3, 0.4) is 0 Å². The number of nitrogens with two attached hydrogens (primary N) is 1. The number of hydrazine groups is 1. The molecule has 1 aliphatic heterocycles. The summed E-state index contributed by atoms with van der Waals surface area (Å²) in [5, 5.41) is 0. The van der Waals surface area contributed by atoms with E-state index in [-0.39, 0.29) is 6.04 Å². The van der Waals surface area contributed by atoms with Crippen molar-refractivity contribution in [1.82, 2.24) is 5.43 Å². The van der Waals surface area contributed by atoms with Gasteiger partial charge in [-0.1, -0.05) is 30.2 Å². The highest BCUT2D eigenvalue weighted by Crippen LogP contribution is 2.33. The SMILES string of the molecule is NNC(C1=CCCCCC1)c1ccc2c(c1)CCO2. The fourth-order valence-electron chi connectivity index (χ4n) is 3.11. The highest BCUT2D eigenvalue weighted by Gasteiger charge is 2.19. The first kappa shape index (κ1) is 12.7. The van der Waals surface area contributed by atoms with Crippen molar-refractivity contribution in [1.29, 1.82) is 0 Å². The lowest BCUT2D eigenvalue weighted by Crippen LogP contribution is -2.29. The summed E-state index contributed by atoms with van der Waals surface area (Å²) in [5.74, 6) is 6.85. The third kappa shape index (κ3) is 2.67. The molecule has 2 aliphatic rings. The third-order valence-corrected chi connectivity index (χ3v) is 4.16. The van der Waals surface area contributed by atoms with Gasteiger partial charge in [0.25, 0.3) is 0 Å². The summed E-state index contributed by atoms with van der Waals surface area (Å²) in [5.41, 5.74) is 7.02. The fraction of sp³-hybridized carbons (Fsp3) is 0.500. The van der Waals surface area contributed by atoms with Gasteiger partial charge in [0.2, 0.25) is 0 Å². The predicted octanol–water partition coefficient (Wildman–Crippen LogP) is 3.02. The molecule has 1 atom stereocenters. The number of nitrogens with one attached hydrogen (secondary N) is 1. The molecule has 1 unspecified atom stereocenters. The summed E-state index contributed by atoms with van der Waals surface area (Å²) in [6.07, 6.45) is 9.64. The van der Waals surface area contributed by atoms with Crippen LogP contribution in [0.1, 0.15) is 49.3 Å². The van der Waals surface area contributed by atoms with Crippen molar-refractivity contribution in [3.8, 4) is 5.75 Å². The zero-order valence-electron chi connectivity index (χ0n) is 11.3. The summed E-state index contributed by atoms with van der Waals surface area (Å²) < 4.78 is 5.57. The van der Waals surface area contributed by atoms with E-state index in [2.05, 4.69) is 29.7 Å². The van der Waals surface area contributed by atoms with Gasteiger partial charge in [0, 0.05) is 6.42 Å². The normalized spacial score (nSPS) is 20.2. The molecule has 1 aromatic carbocycles. The fourth-order valence-corrected chi connectivity index (χ4v) is 3.11. The molecular weight excluding hydrogens is 236 g/mol. The molecule has 19 heavy (non-hydrogen) atoms. The van der Waals surface area contributed by atoms with E-state index in [9.17, 15) is 0 Å². The molecule has 0 saturated carbocycles. The van der Waals surface area contributed by atoms with E-state index in [1.54, 1.807) is 0 Å². The minimum atomic E-state index is 0.156. The highest BCUT2D eigenvalue weighted by molar-refractivity contribution is 5.42. The van der Waals surface area contributed by atoms with Crippen molar-refractivity contribution in [2.75, 3.05) is 6.61 Å². The second kappa shape index (κ2) is 5.76. The Kier molecular flexibility index (Phi) is 3.85. The van der Waals surface area contributed by atoms with Gasteiger partial charge in [0.05, 0.1) is 12.6 Å². The maximum absolute atomic E-state index is 5.81. The van der Waals surface area contributed by atoms with Crippen molar-refractivity contribution < 1.29 is 4.74 Å². The molecule has 0 saturated heterocycles. The van der Waals surface area contributed by atoms with E-state index in [0.717, 1.165) is 25.2 Å². The van der Waals surface area contributed by atoms with Crippen LogP contribution >= 0.6 is 0 Å². The molecule has 0 bridgehead atoms. The molecular formula is C16H22N2O. The van der Waals surface area contributed by atoms with Crippen molar-refractivity contribution >= 4 is 0 Å². The van der Waals surface area contributed by atoms with Crippen LogP contribution in [0.2, 0.25) is 0 Å². The third-order valence-electron chi connectivity index (χ3n) is 4.16.